The molecule has 0 fully saturated rings. The van der Waals surface area contributed by atoms with E-state index in [1.807, 2.05) is 18.7 Å². The van der Waals surface area contributed by atoms with Crippen molar-refractivity contribution in [2.75, 3.05) is 36.4 Å². The molecular formula is C21H27F2N3O3S. The Kier molecular flexibility index (Phi) is 7.91. The molecule has 30 heavy (non-hydrogen) atoms. The highest BCUT2D eigenvalue weighted by Gasteiger charge is 2.24. The molecule has 0 saturated heterocycles. The minimum Gasteiger partial charge on any atom is -0.370 e. The van der Waals surface area contributed by atoms with Gasteiger partial charge in [0, 0.05) is 31.7 Å². The van der Waals surface area contributed by atoms with Crippen LogP contribution < -0.4 is 10.2 Å². The highest BCUT2D eigenvalue weighted by atomic mass is 32.2. The smallest absolute Gasteiger partial charge is 0.255 e. The molecule has 0 bridgehead atoms. The van der Waals surface area contributed by atoms with Crippen molar-refractivity contribution in [3.63, 3.8) is 0 Å². The Hall–Kier alpha value is -2.52. The van der Waals surface area contributed by atoms with Crippen molar-refractivity contribution in [3.8, 4) is 0 Å². The minimum atomic E-state index is -3.74. The van der Waals surface area contributed by atoms with Crippen LogP contribution in [0, 0.1) is 11.6 Å². The summed E-state index contributed by atoms with van der Waals surface area (Å²) in [5.74, 6) is -2.85. The molecule has 0 atom stereocenters. The molecule has 0 aliphatic heterocycles. The summed E-state index contributed by atoms with van der Waals surface area (Å²) < 4.78 is 53.9. The number of hydrogen-bond acceptors (Lipinski definition) is 4. The number of carbonyl (C=O) groups is 1. The van der Waals surface area contributed by atoms with Gasteiger partial charge in [-0.2, -0.15) is 4.31 Å². The van der Waals surface area contributed by atoms with Crippen molar-refractivity contribution >= 4 is 27.3 Å². The quantitative estimate of drug-likeness (QED) is 0.639. The Morgan fingerprint density at radius 1 is 0.900 bits per heavy atom. The van der Waals surface area contributed by atoms with Crippen LogP contribution in [0.5, 0.6) is 0 Å². The lowest BCUT2D eigenvalue weighted by Crippen LogP contribution is -2.31. The lowest BCUT2D eigenvalue weighted by molar-refractivity contribution is 0.102. The van der Waals surface area contributed by atoms with Crippen LogP contribution in [0.15, 0.2) is 41.3 Å². The first-order chi connectivity index (χ1) is 14.2. The van der Waals surface area contributed by atoms with Crippen LogP contribution >= 0.6 is 0 Å². The van der Waals surface area contributed by atoms with E-state index in [2.05, 4.69) is 5.32 Å². The van der Waals surface area contributed by atoms with E-state index in [4.69, 9.17) is 0 Å². The van der Waals surface area contributed by atoms with E-state index in [-0.39, 0.29) is 16.1 Å². The lowest BCUT2D eigenvalue weighted by atomic mass is 10.1. The Morgan fingerprint density at radius 2 is 1.53 bits per heavy atom. The van der Waals surface area contributed by atoms with Crippen molar-refractivity contribution in [1.29, 1.82) is 0 Å². The van der Waals surface area contributed by atoms with Crippen molar-refractivity contribution in [2.45, 2.75) is 32.6 Å². The number of anilines is 2. The second-order valence-electron chi connectivity index (χ2n) is 6.52. The predicted molar refractivity (Wildman–Crippen MR) is 114 cm³/mol. The Labute approximate surface area is 176 Å². The second-order valence-corrected chi connectivity index (χ2v) is 8.46. The molecule has 164 valence electrons. The van der Waals surface area contributed by atoms with Crippen molar-refractivity contribution in [2.24, 2.45) is 0 Å². The molecule has 6 nitrogen and oxygen atoms in total. The van der Waals surface area contributed by atoms with E-state index in [1.165, 1.54) is 22.5 Å². The van der Waals surface area contributed by atoms with Gasteiger partial charge in [0.15, 0.2) is 11.6 Å². The van der Waals surface area contributed by atoms with Gasteiger partial charge in [-0.3, -0.25) is 4.79 Å². The largest absolute Gasteiger partial charge is 0.370 e. The van der Waals surface area contributed by atoms with Crippen LogP contribution in [0.3, 0.4) is 0 Å². The number of nitrogens with zero attached hydrogens (tertiary/aromatic N) is 2. The van der Waals surface area contributed by atoms with Crippen LogP contribution in [0.2, 0.25) is 0 Å². The van der Waals surface area contributed by atoms with Crippen LogP contribution in [-0.4, -0.2) is 44.8 Å². The molecule has 0 aliphatic rings. The van der Waals surface area contributed by atoms with Crippen LogP contribution in [-0.2, 0) is 10.0 Å². The molecule has 9 heteroatoms. The van der Waals surface area contributed by atoms with Gasteiger partial charge in [0.25, 0.3) is 5.91 Å². The van der Waals surface area contributed by atoms with Gasteiger partial charge in [-0.05, 0) is 50.2 Å². The first kappa shape index (κ1) is 23.8. The number of halogens is 2. The first-order valence-electron chi connectivity index (χ1n) is 9.85. The summed E-state index contributed by atoms with van der Waals surface area (Å²) in [6.45, 7) is 9.25. The number of benzene rings is 2. The summed E-state index contributed by atoms with van der Waals surface area (Å²) in [6, 6.07) is 7.40. The van der Waals surface area contributed by atoms with Gasteiger partial charge in [-0.25, -0.2) is 17.2 Å². The molecule has 0 aliphatic carbocycles. The molecule has 0 saturated carbocycles. The van der Waals surface area contributed by atoms with E-state index < -0.39 is 27.6 Å². The van der Waals surface area contributed by atoms with Gasteiger partial charge < -0.3 is 10.2 Å². The number of sulfonamides is 1. The summed E-state index contributed by atoms with van der Waals surface area (Å²) in [6.07, 6.45) is 0. The van der Waals surface area contributed by atoms with E-state index in [1.54, 1.807) is 19.9 Å². The normalized spacial score (nSPS) is 11.6. The molecule has 1 N–H and O–H groups in total. The van der Waals surface area contributed by atoms with Gasteiger partial charge in [0.1, 0.15) is 0 Å². The molecule has 0 heterocycles. The molecule has 0 unspecified atom stereocenters. The fourth-order valence-electron chi connectivity index (χ4n) is 3.16. The van der Waals surface area contributed by atoms with Gasteiger partial charge in [-0.15, -0.1) is 0 Å². The number of hydrogen-bond donors (Lipinski definition) is 1. The summed E-state index contributed by atoms with van der Waals surface area (Å²) in [4.78, 5) is 14.7. The molecule has 2 aromatic rings. The third-order valence-electron chi connectivity index (χ3n) is 4.85. The topological polar surface area (TPSA) is 69.7 Å². The van der Waals surface area contributed by atoms with E-state index in [0.717, 1.165) is 12.1 Å². The fourth-order valence-corrected chi connectivity index (χ4v) is 4.64. The minimum absolute atomic E-state index is 0.0442. The van der Waals surface area contributed by atoms with Crippen LogP contribution in [0.1, 0.15) is 38.1 Å². The SMILES string of the molecule is CCN(CC)c1ccc(S(=O)(=O)N(CC)CC)cc1NC(=O)c1ccc(F)c(F)c1. The molecule has 1 amide bonds. The van der Waals surface area contributed by atoms with Crippen LogP contribution in [0.4, 0.5) is 20.2 Å². The van der Waals surface area contributed by atoms with E-state index in [9.17, 15) is 22.0 Å². The number of amides is 1. The third kappa shape index (κ3) is 4.96. The van der Waals surface area contributed by atoms with Gasteiger partial charge >= 0.3 is 0 Å². The molecule has 2 rings (SSSR count). The zero-order chi connectivity index (χ0) is 22.5. The first-order valence-corrected chi connectivity index (χ1v) is 11.3. The number of rotatable bonds is 9. The van der Waals surface area contributed by atoms with E-state index >= 15 is 0 Å². The number of nitrogens with one attached hydrogen (secondary N) is 1. The maximum Gasteiger partial charge on any atom is 0.255 e. The molecule has 0 spiro atoms. The van der Waals surface area contributed by atoms with Crippen molar-refractivity contribution in [3.05, 3.63) is 53.6 Å². The number of carbonyl (C=O) groups excluding carboxylic acids is 1. The standard InChI is InChI=1S/C21H27F2N3O3S/c1-5-25(6-2)20-12-10-16(30(28,29)26(7-3)8-4)14-19(20)24-21(27)15-9-11-17(22)18(23)13-15/h9-14H,5-8H2,1-4H3,(H,24,27). The zero-order valence-corrected chi connectivity index (χ0v) is 18.4. The van der Waals surface area contributed by atoms with E-state index in [0.29, 0.717) is 31.9 Å². The van der Waals surface area contributed by atoms with Crippen LogP contribution in [0.25, 0.3) is 0 Å². The highest BCUT2D eigenvalue weighted by Crippen LogP contribution is 2.30. The monoisotopic (exact) mass is 439 g/mol. The van der Waals surface area contributed by atoms with Gasteiger partial charge in [0.2, 0.25) is 10.0 Å². The summed E-state index contributed by atoms with van der Waals surface area (Å²) in [5.41, 5.74) is 0.840. The molecular weight excluding hydrogens is 412 g/mol. The average molecular weight is 440 g/mol. The Balaban J connectivity index is 2.52. The fraction of sp³-hybridized carbons (Fsp3) is 0.381. The maximum absolute atomic E-state index is 13.5. The summed E-state index contributed by atoms with van der Waals surface area (Å²) >= 11 is 0. The molecule has 0 aromatic heterocycles. The maximum atomic E-state index is 13.5. The second kappa shape index (κ2) is 9.99. The van der Waals surface area contributed by atoms with Crippen molar-refractivity contribution in [1.82, 2.24) is 4.31 Å². The molecule has 2 aromatic carbocycles. The molecule has 0 radical (unpaired) electrons. The van der Waals surface area contributed by atoms with Gasteiger partial charge in [-0.1, -0.05) is 13.8 Å². The third-order valence-corrected chi connectivity index (χ3v) is 6.89. The zero-order valence-electron chi connectivity index (χ0n) is 17.6. The van der Waals surface area contributed by atoms with Gasteiger partial charge in [0.05, 0.1) is 16.3 Å². The predicted octanol–water partition coefficient (Wildman–Crippen LogP) is 4.09. The lowest BCUT2D eigenvalue weighted by Gasteiger charge is -2.26. The Morgan fingerprint density at radius 3 is 2.07 bits per heavy atom. The summed E-state index contributed by atoms with van der Waals surface area (Å²) in [7, 11) is -3.74. The Bertz CT molecular complexity index is 1000. The average Bonchev–Trinajstić information content (AvgIpc) is 2.72. The summed E-state index contributed by atoms with van der Waals surface area (Å²) in [5, 5.41) is 2.66. The highest BCUT2D eigenvalue weighted by molar-refractivity contribution is 7.89. The van der Waals surface area contributed by atoms with Crippen molar-refractivity contribution < 1.29 is 22.0 Å².